The molecule has 0 aliphatic carbocycles. The van der Waals surface area contributed by atoms with Crippen molar-refractivity contribution in [3.63, 3.8) is 0 Å². The molecule has 3 heteroatoms. The first kappa shape index (κ1) is 10.6. The number of anilines is 1. The zero-order valence-electron chi connectivity index (χ0n) is 7.83. The summed E-state index contributed by atoms with van der Waals surface area (Å²) in [5.41, 5.74) is 0.921. The molecule has 0 spiro atoms. The van der Waals surface area contributed by atoms with E-state index in [4.69, 9.17) is 0 Å². The number of hydrogen-bond acceptors (Lipinski definition) is 3. The van der Waals surface area contributed by atoms with Crippen LogP contribution in [-0.2, 0) is 0 Å². The summed E-state index contributed by atoms with van der Waals surface area (Å²) in [6, 6.07) is 0. The third-order valence-electron chi connectivity index (χ3n) is 1.20. The predicted molar refractivity (Wildman–Crippen MR) is 53.0 cm³/mol. The SMILES string of the molecule is C=Cc1cncnc1NC.CC. The van der Waals surface area contributed by atoms with E-state index >= 15 is 0 Å². The van der Waals surface area contributed by atoms with E-state index in [0.717, 1.165) is 11.4 Å². The molecule has 0 aliphatic heterocycles. The molecule has 0 radical (unpaired) electrons. The zero-order valence-corrected chi connectivity index (χ0v) is 7.83. The van der Waals surface area contributed by atoms with Gasteiger partial charge in [0.05, 0.1) is 0 Å². The van der Waals surface area contributed by atoms with Crippen molar-refractivity contribution in [2.45, 2.75) is 13.8 Å². The maximum Gasteiger partial charge on any atom is 0.136 e. The predicted octanol–water partition coefficient (Wildman–Crippen LogP) is 2.19. The van der Waals surface area contributed by atoms with Gasteiger partial charge in [0.1, 0.15) is 12.1 Å². The van der Waals surface area contributed by atoms with Crippen LogP contribution in [0.15, 0.2) is 19.1 Å². The summed E-state index contributed by atoms with van der Waals surface area (Å²) in [5, 5.41) is 2.92. The molecule has 1 rings (SSSR count). The highest BCUT2D eigenvalue weighted by Gasteiger charge is 1.94. The average Bonchev–Trinajstić information content (AvgIpc) is 2.20. The van der Waals surface area contributed by atoms with E-state index in [0.29, 0.717) is 0 Å². The van der Waals surface area contributed by atoms with Crippen LogP contribution in [0.3, 0.4) is 0 Å². The summed E-state index contributed by atoms with van der Waals surface area (Å²) in [6.07, 6.45) is 4.93. The molecule has 0 atom stereocenters. The lowest BCUT2D eigenvalue weighted by Crippen LogP contribution is -1.95. The van der Waals surface area contributed by atoms with Crippen molar-refractivity contribution in [1.29, 1.82) is 0 Å². The fourth-order valence-electron chi connectivity index (χ4n) is 0.699. The highest BCUT2D eigenvalue weighted by atomic mass is 15.0. The van der Waals surface area contributed by atoms with E-state index in [9.17, 15) is 0 Å². The Morgan fingerprint density at radius 1 is 1.50 bits per heavy atom. The van der Waals surface area contributed by atoms with Crippen LogP contribution in [0, 0.1) is 0 Å². The molecule has 66 valence electrons. The maximum atomic E-state index is 3.97. The standard InChI is InChI=1S/C7H9N3.C2H6/c1-3-6-4-9-5-10-7(6)8-2;1-2/h3-5H,1H2,2H3,(H,8,9,10);1-2H3. The van der Waals surface area contributed by atoms with Crippen LogP contribution < -0.4 is 5.32 Å². The van der Waals surface area contributed by atoms with Gasteiger partial charge in [-0.1, -0.05) is 26.5 Å². The highest BCUT2D eigenvalue weighted by Crippen LogP contribution is 2.08. The van der Waals surface area contributed by atoms with Gasteiger partial charge in [-0.05, 0) is 0 Å². The molecule has 0 unspecified atom stereocenters. The van der Waals surface area contributed by atoms with Gasteiger partial charge < -0.3 is 5.32 Å². The van der Waals surface area contributed by atoms with Crippen LogP contribution in [0.5, 0.6) is 0 Å². The number of rotatable bonds is 2. The normalized spacial score (nSPS) is 7.92. The molecule has 1 aromatic rings. The van der Waals surface area contributed by atoms with E-state index in [2.05, 4.69) is 21.9 Å². The molecule has 0 saturated carbocycles. The van der Waals surface area contributed by atoms with Crippen LogP contribution in [0.4, 0.5) is 5.82 Å². The van der Waals surface area contributed by atoms with Crippen molar-refractivity contribution in [2.75, 3.05) is 12.4 Å². The highest BCUT2D eigenvalue weighted by molar-refractivity contribution is 5.59. The van der Waals surface area contributed by atoms with Crippen molar-refractivity contribution in [1.82, 2.24) is 9.97 Å². The largest absolute Gasteiger partial charge is 0.373 e. The second-order valence-electron chi connectivity index (χ2n) is 1.78. The first-order valence-corrected chi connectivity index (χ1v) is 3.98. The molecule has 0 saturated heterocycles. The first-order chi connectivity index (χ1) is 5.88. The summed E-state index contributed by atoms with van der Waals surface area (Å²) < 4.78 is 0. The van der Waals surface area contributed by atoms with Crippen LogP contribution in [0.1, 0.15) is 19.4 Å². The lowest BCUT2D eigenvalue weighted by molar-refractivity contribution is 1.15. The van der Waals surface area contributed by atoms with Crippen LogP contribution >= 0.6 is 0 Å². The van der Waals surface area contributed by atoms with Crippen molar-refractivity contribution < 1.29 is 0 Å². The van der Waals surface area contributed by atoms with Gasteiger partial charge in [-0.3, -0.25) is 0 Å². The van der Waals surface area contributed by atoms with Gasteiger partial charge in [0.15, 0.2) is 0 Å². The molecular formula is C9H15N3. The summed E-state index contributed by atoms with van der Waals surface area (Å²) >= 11 is 0. The minimum atomic E-state index is 0.810. The van der Waals surface area contributed by atoms with Crippen molar-refractivity contribution >= 4 is 11.9 Å². The molecule has 3 nitrogen and oxygen atoms in total. The first-order valence-electron chi connectivity index (χ1n) is 3.98. The Labute approximate surface area is 73.6 Å². The van der Waals surface area contributed by atoms with Gasteiger partial charge in [0, 0.05) is 18.8 Å². The topological polar surface area (TPSA) is 37.8 Å². The summed E-state index contributed by atoms with van der Waals surface area (Å²) in [6.45, 7) is 7.62. The molecule has 1 aromatic heterocycles. The minimum Gasteiger partial charge on any atom is -0.373 e. The molecule has 0 amide bonds. The average molecular weight is 165 g/mol. The number of nitrogens with zero attached hydrogens (tertiary/aromatic N) is 2. The van der Waals surface area contributed by atoms with Crippen LogP contribution in [0.25, 0.3) is 6.08 Å². The molecule has 0 aliphatic rings. The van der Waals surface area contributed by atoms with E-state index < -0.39 is 0 Å². The van der Waals surface area contributed by atoms with E-state index in [1.165, 1.54) is 6.33 Å². The van der Waals surface area contributed by atoms with E-state index in [1.807, 2.05) is 20.9 Å². The van der Waals surface area contributed by atoms with Crippen molar-refractivity contribution in [3.8, 4) is 0 Å². The summed E-state index contributed by atoms with van der Waals surface area (Å²) in [4.78, 5) is 7.82. The van der Waals surface area contributed by atoms with Crippen molar-refractivity contribution in [2.24, 2.45) is 0 Å². The van der Waals surface area contributed by atoms with Crippen LogP contribution in [-0.4, -0.2) is 17.0 Å². The van der Waals surface area contributed by atoms with Gasteiger partial charge >= 0.3 is 0 Å². The molecule has 12 heavy (non-hydrogen) atoms. The van der Waals surface area contributed by atoms with Gasteiger partial charge in [-0.15, -0.1) is 0 Å². The lowest BCUT2D eigenvalue weighted by atomic mass is 10.3. The molecule has 1 N–H and O–H groups in total. The number of nitrogens with one attached hydrogen (secondary N) is 1. The Kier molecular flexibility index (Phi) is 5.61. The molecule has 0 bridgehead atoms. The number of aromatic nitrogens is 2. The summed E-state index contributed by atoms with van der Waals surface area (Å²) in [5.74, 6) is 0.810. The quantitative estimate of drug-likeness (QED) is 0.730. The van der Waals surface area contributed by atoms with Gasteiger partial charge in [-0.2, -0.15) is 0 Å². The Morgan fingerprint density at radius 3 is 2.58 bits per heavy atom. The van der Waals surface area contributed by atoms with Crippen LogP contribution in [0.2, 0.25) is 0 Å². The maximum absolute atomic E-state index is 3.97. The lowest BCUT2D eigenvalue weighted by Gasteiger charge is -2.00. The Bertz CT molecular complexity index is 233. The second kappa shape index (κ2) is 6.34. The van der Waals surface area contributed by atoms with Gasteiger partial charge in [0.2, 0.25) is 0 Å². The smallest absolute Gasteiger partial charge is 0.136 e. The van der Waals surface area contributed by atoms with Gasteiger partial charge in [-0.25, -0.2) is 9.97 Å². The third-order valence-corrected chi connectivity index (χ3v) is 1.20. The fourth-order valence-corrected chi connectivity index (χ4v) is 0.699. The van der Waals surface area contributed by atoms with Gasteiger partial charge in [0.25, 0.3) is 0 Å². The third kappa shape index (κ3) is 2.70. The zero-order chi connectivity index (χ0) is 9.40. The Morgan fingerprint density at radius 2 is 2.17 bits per heavy atom. The monoisotopic (exact) mass is 165 g/mol. The van der Waals surface area contributed by atoms with E-state index in [-0.39, 0.29) is 0 Å². The fraction of sp³-hybridized carbons (Fsp3) is 0.333. The minimum absolute atomic E-state index is 0.810. The number of hydrogen-bond donors (Lipinski definition) is 1. The molecular weight excluding hydrogens is 150 g/mol. The molecule has 0 fully saturated rings. The molecule has 0 aromatic carbocycles. The Balaban J connectivity index is 0.000000561. The van der Waals surface area contributed by atoms with E-state index in [1.54, 1.807) is 12.3 Å². The molecule has 1 heterocycles. The Hall–Kier alpha value is -1.38. The second-order valence-corrected chi connectivity index (χ2v) is 1.78. The summed E-state index contributed by atoms with van der Waals surface area (Å²) in [7, 11) is 1.81. The van der Waals surface area contributed by atoms with Crippen molar-refractivity contribution in [3.05, 3.63) is 24.7 Å².